The molecule has 0 aliphatic rings. The van der Waals surface area contributed by atoms with Gasteiger partial charge < -0.3 is 25.6 Å². The minimum atomic E-state index is -0.196. The van der Waals surface area contributed by atoms with Gasteiger partial charge >= 0.3 is 0 Å². The van der Waals surface area contributed by atoms with Gasteiger partial charge in [0, 0.05) is 51.1 Å². The standard InChI is InChI=1S/C20H31N5O2/c1-5-17-9-7-10-18(15-17)24-19(26)16-23-20(21-6-2)22-11-13-25(3)12-8-14-27-4/h1,7,9-10,15H,6,8,11-14,16H2,2-4H3,(H,24,26)(H2,21,22,23). The molecule has 1 rings (SSSR count). The van der Waals surface area contributed by atoms with Gasteiger partial charge in [-0.05, 0) is 38.6 Å². The van der Waals surface area contributed by atoms with Crippen molar-refractivity contribution in [3.05, 3.63) is 29.8 Å². The van der Waals surface area contributed by atoms with Crippen LogP contribution < -0.4 is 16.0 Å². The minimum absolute atomic E-state index is 0.0271. The van der Waals surface area contributed by atoms with E-state index < -0.39 is 0 Å². The molecular weight excluding hydrogens is 342 g/mol. The summed E-state index contributed by atoms with van der Waals surface area (Å²) in [7, 11) is 3.78. The second-order valence-electron chi connectivity index (χ2n) is 6.04. The number of carbonyl (C=O) groups is 1. The monoisotopic (exact) mass is 373 g/mol. The molecule has 0 bridgehead atoms. The van der Waals surface area contributed by atoms with E-state index in [1.807, 2.05) is 19.1 Å². The Kier molecular flexibility index (Phi) is 11.3. The van der Waals surface area contributed by atoms with E-state index in [0.717, 1.165) is 44.8 Å². The molecule has 0 saturated heterocycles. The Labute approximate surface area is 162 Å². The summed E-state index contributed by atoms with van der Waals surface area (Å²) >= 11 is 0. The normalized spacial score (nSPS) is 11.1. The van der Waals surface area contributed by atoms with Crippen molar-refractivity contribution in [2.75, 3.05) is 58.8 Å². The van der Waals surface area contributed by atoms with Crippen LogP contribution in [0.15, 0.2) is 29.3 Å². The van der Waals surface area contributed by atoms with Crippen molar-refractivity contribution in [3.63, 3.8) is 0 Å². The average molecular weight is 374 g/mol. The van der Waals surface area contributed by atoms with E-state index in [1.165, 1.54) is 0 Å². The molecule has 1 aromatic carbocycles. The number of benzene rings is 1. The van der Waals surface area contributed by atoms with Gasteiger partial charge in [0.2, 0.25) is 5.91 Å². The topological polar surface area (TPSA) is 78.0 Å². The van der Waals surface area contributed by atoms with Crippen molar-refractivity contribution in [2.45, 2.75) is 13.3 Å². The molecule has 148 valence electrons. The van der Waals surface area contributed by atoms with Crippen LogP contribution in [0.5, 0.6) is 0 Å². The highest BCUT2D eigenvalue weighted by molar-refractivity contribution is 5.94. The lowest BCUT2D eigenvalue weighted by Gasteiger charge is -2.18. The number of anilines is 1. The first kappa shape index (κ1) is 22.5. The summed E-state index contributed by atoms with van der Waals surface area (Å²) in [5.74, 6) is 2.97. The Morgan fingerprint density at radius 2 is 2.15 bits per heavy atom. The number of nitrogens with zero attached hydrogens (tertiary/aromatic N) is 2. The summed E-state index contributed by atoms with van der Waals surface area (Å²) in [6.07, 6.45) is 6.37. The van der Waals surface area contributed by atoms with Crippen LogP contribution in [0, 0.1) is 12.3 Å². The molecule has 0 fully saturated rings. The molecule has 3 N–H and O–H groups in total. The van der Waals surface area contributed by atoms with Crippen LogP contribution in [0.3, 0.4) is 0 Å². The van der Waals surface area contributed by atoms with Crippen molar-refractivity contribution < 1.29 is 9.53 Å². The molecule has 0 atom stereocenters. The first-order valence-electron chi connectivity index (χ1n) is 9.15. The molecular formula is C20H31N5O2. The summed E-state index contributed by atoms with van der Waals surface area (Å²) < 4.78 is 5.06. The molecule has 0 spiro atoms. The Balaban J connectivity index is 2.43. The fourth-order valence-corrected chi connectivity index (χ4v) is 2.34. The lowest BCUT2D eigenvalue weighted by Crippen LogP contribution is -2.41. The van der Waals surface area contributed by atoms with Crippen molar-refractivity contribution >= 4 is 17.6 Å². The Hall–Kier alpha value is -2.56. The summed E-state index contributed by atoms with van der Waals surface area (Å²) in [5.41, 5.74) is 1.39. The highest BCUT2D eigenvalue weighted by Gasteiger charge is 2.04. The molecule has 0 aliphatic carbocycles. The lowest BCUT2D eigenvalue weighted by molar-refractivity contribution is -0.114. The number of aliphatic imine (C=N–C) groups is 1. The van der Waals surface area contributed by atoms with Crippen molar-refractivity contribution in [1.29, 1.82) is 0 Å². The number of carbonyl (C=O) groups excluding carboxylic acids is 1. The van der Waals surface area contributed by atoms with Crippen LogP contribution >= 0.6 is 0 Å². The zero-order valence-corrected chi connectivity index (χ0v) is 16.5. The highest BCUT2D eigenvalue weighted by Crippen LogP contribution is 2.09. The quantitative estimate of drug-likeness (QED) is 0.235. The van der Waals surface area contributed by atoms with E-state index in [2.05, 4.69) is 38.8 Å². The Morgan fingerprint density at radius 3 is 2.85 bits per heavy atom. The molecule has 0 aromatic heterocycles. The number of nitrogens with one attached hydrogen (secondary N) is 3. The zero-order chi connectivity index (χ0) is 19.9. The molecule has 1 amide bonds. The predicted molar refractivity (Wildman–Crippen MR) is 111 cm³/mol. The van der Waals surface area contributed by atoms with Gasteiger partial charge in [-0.25, -0.2) is 4.99 Å². The molecule has 1 aromatic rings. The van der Waals surface area contributed by atoms with Gasteiger partial charge in [-0.2, -0.15) is 0 Å². The van der Waals surface area contributed by atoms with Gasteiger partial charge in [-0.15, -0.1) is 6.42 Å². The number of hydrogen-bond acceptors (Lipinski definition) is 4. The number of methoxy groups -OCH3 is 1. The second-order valence-corrected chi connectivity index (χ2v) is 6.04. The fraction of sp³-hybridized carbons (Fsp3) is 0.500. The Morgan fingerprint density at radius 1 is 1.33 bits per heavy atom. The van der Waals surface area contributed by atoms with E-state index in [-0.39, 0.29) is 12.5 Å². The SMILES string of the molecule is C#Cc1cccc(NC(=O)CN=C(NCC)NCCN(C)CCCOC)c1. The third-order valence-electron chi connectivity index (χ3n) is 3.71. The zero-order valence-electron chi connectivity index (χ0n) is 16.5. The molecule has 0 heterocycles. The summed E-state index contributed by atoms with van der Waals surface area (Å²) in [4.78, 5) is 18.7. The summed E-state index contributed by atoms with van der Waals surface area (Å²) in [6, 6.07) is 7.17. The van der Waals surface area contributed by atoms with Gasteiger partial charge in [0.15, 0.2) is 5.96 Å². The van der Waals surface area contributed by atoms with Crippen LogP contribution in [0.4, 0.5) is 5.69 Å². The van der Waals surface area contributed by atoms with E-state index in [4.69, 9.17) is 11.2 Å². The molecule has 7 nitrogen and oxygen atoms in total. The molecule has 27 heavy (non-hydrogen) atoms. The molecule has 0 unspecified atom stereocenters. The first-order chi connectivity index (χ1) is 13.1. The van der Waals surface area contributed by atoms with Crippen LogP contribution in [0.2, 0.25) is 0 Å². The average Bonchev–Trinajstić information content (AvgIpc) is 2.66. The lowest BCUT2D eigenvalue weighted by atomic mass is 10.2. The van der Waals surface area contributed by atoms with Crippen LogP contribution in [0.1, 0.15) is 18.9 Å². The number of ether oxygens (including phenoxy) is 1. The number of terminal acetylenes is 1. The van der Waals surface area contributed by atoms with Gasteiger partial charge in [0.1, 0.15) is 6.54 Å². The summed E-state index contributed by atoms with van der Waals surface area (Å²) in [6.45, 7) is 6.09. The van der Waals surface area contributed by atoms with Crippen molar-refractivity contribution in [3.8, 4) is 12.3 Å². The predicted octanol–water partition coefficient (Wildman–Crippen LogP) is 1.13. The van der Waals surface area contributed by atoms with Crippen molar-refractivity contribution in [1.82, 2.24) is 15.5 Å². The van der Waals surface area contributed by atoms with Gasteiger partial charge in [-0.3, -0.25) is 4.79 Å². The molecule has 0 radical (unpaired) electrons. The fourth-order valence-electron chi connectivity index (χ4n) is 2.34. The van der Waals surface area contributed by atoms with Crippen molar-refractivity contribution in [2.24, 2.45) is 4.99 Å². The molecule has 0 saturated carbocycles. The number of amides is 1. The van der Waals surface area contributed by atoms with E-state index in [1.54, 1.807) is 19.2 Å². The van der Waals surface area contributed by atoms with E-state index in [0.29, 0.717) is 11.6 Å². The number of rotatable bonds is 11. The number of guanidine groups is 1. The third-order valence-corrected chi connectivity index (χ3v) is 3.71. The first-order valence-corrected chi connectivity index (χ1v) is 9.15. The maximum absolute atomic E-state index is 12.1. The highest BCUT2D eigenvalue weighted by atomic mass is 16.5. The number of likely N-dealkylation sites (N-methyl/N-ethyl adjacent to an activating group) is 1. The van der Waals surface area contributed by atoms with Gasteiger partial charge in [0.05, 0.1) is 0 Å². The third kappa shape index (κ3) is 10.2. The Bertz CT molecular complexity index is 640. The second kappa shape index (κ2) is 13.6. The minimum Gasteiger partial charge on any atom is -0.385 e. The maximum atomic E-state index is 12.1. The number of hydrogen-bond donors (Lipinski definition) is 3. The molecule has 7 heteroatoms. The van der Waals surface area contributed by atoms with E-state index >= 15 is 0 Å². The maximum Gasteiger partial charge on any atom is 0.246 e. The van der Waals surface area contributed by atoms with Crippen LogP contribution in [-0.2, 0) is 9.53 Å². The van der Waals surface area contributed by atoms with Crippen LogP contribution in [-0.4, -0.2) is 70.3 Å². The van der Waals surface area contributed by atoms with Gasteiger partial charge in [-0.1, -0.05) is 12.0 Å². The summed E-state index contributed by atoms with van der Waals surface area (Å²) in [5, 5.41) is 9.18. The largest absolute Gasteiger partial charge is 0.385 e. The van der Waals surface area contributed by atoms with Crippen LogP contribution in [0.25, 0.3) is 0 Å². The van der Waals surface area contributed by atoms with Gasteiger partial charge in [0.25, 0.3) is 0 Å². The van der Waals surface area contributed by atoms with E-state index in [9.17, 15) is 4.79 Å². The molecule has 0 aliphatic heterocycles. The smallest absolute Gasteiger partial charge is 0.246 e.